The van der Waals surface area contributed by atoms with Crippen LogP contribution in [0.1, 0.15) is 19.9 Å². The van der Waals surface area contributed by atoms with Crippen molar-refractivity contribution < 1.29 is 14.3 Å². The Morgan fingerprint density at radius 2 is 2.00 bits per heavy atom. The molecule has 0 spiro atoms. The smallest absolute Gasteiger partial charge is 0.308 e. The second kappa shape index (κ2) is 6.49. The van der Waals surface area contributed by atoms with Gasteiger partial charge in [0.25, 0.3) is 5.91 Å². The molecule has 4 rings (SSSR count). The van der Waals surface area contributed by atoms with Crippen molar-refractivity contribution in [3.8, 4) is 11.5 Å². The molecule has 7 heteroatoms. The number of ether oxygens (including phenoxy) is 2. The summed E-state index contributed by atoms with van der Waals surface area (Å²) in [6, 6.07) is 12.8. The number of anilines is 1. The monoisotopic (exact) mass is 370 g/mol. The number of nitrogens with one attached hydrogen (secondary N) is 1. The molecule has 0 aliphatic carbocycles. The first-order valence-electron chi connectivity index (χ1n) is 8.37. The highest BCUT2D eigenvalue weighted by molar-refractivity contribution is 7.16. The van der Waals surface area contributed by atoms with Crippen LogP contribution in [0.5, 0.6) is 11.5 Å². The maximum Gasteiger partial charge on any atom is 0.308 e. The van der Waals surface area contributed by atoms with Gasteiger partial charge in [0, 0.05) is 11.7 Å². The molecule has 0 bridgehead atoms. The number of amides is 1. The van der Waals surface area contributed by atoms with Gasteiger partial charge in [-0.15, -0.1) is 0 Å². The van der Waals surface area contributed by atoms with E-state index in [9.17, 15) is 9.59 Å². The van der Waals surface area contributed by atoms with Crippen LogP contribution in [0.2, 0.25) is 0 Å². The molecular weight excluding hydrogens is 352 g/mol. The summed E-state index contributed by atoms with van der Waals surface area (Å²) in [4.78, 5) is 24.6. The summed E-state index contributed by atoms with van der Waals surface area (Å²) < 4.78 is 13.9. The van der Waals surface area contributed by atoms with Crippen LogP contribution in [0.4, 0.5) is 5.69 Å². The van der Waals surface area contributed by atoms with Gasteiger partial charge in [-0.1, -0.05) is 23.5 Å². The van der Waals surface area contributed by atoms with Crippen molar-refractivity contribution in [1.82, 2.24) is 4.57 Å². The quantitative estimate of drug-likeness (QED) is 0.767. The number of carbonyl (C=O) groups is 1. The Balaban J connectivity index is 1.54. The Hall–Kier alpha value is -2.80. The third-order valence-electron chi connectivity index (χ3n) is 4.20. The lowest BCUT2D eigenvalue weighted by molar-refractivity contribution is -0.125. The zero-order valence-electron chi connectivity index (χ0n) is 14.4. The minimum absolute atomic E-state index is 0.000836. The molecule has 0 saturated heterocycles. The topological polar surface area (TPSA) is 69.6 Å². The van der Waals surface area contributed by atoms with E-state index in [0.29, 0.717) is 17.2 Å². The van der Waals surface area contributed by atoms with Crippen LogP contribution in [0.15, 0.2) is 47.3 Å². The maximum absolute atomic E-state index is 12.5. The SMILES string of the molecule is CC(C)n1c(=O)sc2cc(NC(=O)[C@H]3COc4ccccc4O3)ccc21. The van der Waals surface area contributed by atoms with E-state index in [1.807, 2.05) is 38.1 Å². The fourth-order valence-corrected chi connectivity index (χ4v) is 4.03. The minimum Gasteiger partial charge on any atom is -0.485 e. The highest BCUT2D eigenvalue weighted by Gasteiger charge is 2.27. The predicted octanol–water partition coefficient (Wildman–Crippen LogP) is 3.42. The van der Waals surface area contributed by atoms with E-state index >= 15 is 0 Å². The lowest BCUT2D eigenvalue weighted by atomic mass is 10.2. The molecule has 2 heterocycles. The summed E-state index contributed by atoms with van der Waals surface area (Å²) in [6.07, 6.45) is -0.723. The van der Waals surface area contributed by atoms with E-state index in [-0.39, 0.29) is 23.4 Å². The average molecular weight is 370 g/mol. The van der Waals surface area contributed by atoms with E-state index in [1.54, 1.807) is 22.8 Å². The fraction of sp³-hybridized carbons (Fsp3) is 0.263. The number of fused-ring (bicyclic) bond motifs is 2. The second-order valence-corrected chi connectivity index (χ2v) is 7.36. The number of benzene rings is 2. The van der Waals surface area contributed by atoms with Crippen LogP contribution in [0.25, 0.3) is 10.2 Å². The maximum atomic E-state index is 12.5. The third-order valence-corrected chi connectivity index (χ3v) is 5.12. The minimum atomic E-state index is -0.723. The summed E-state index contributed by atoms with van der Waals surface area (Å²) in [6.45, 7) is 4.10. The first-order chi connectivity index (χ1) is 12.5. The van der Waals surface area contributed by atoms with E-state index in [0.717, 1.165) is 10.2 Å². The van der Waals surface area contributed by atoms with Gasteiger partial charge in [-0.05, 0) is 44.2 Å². The number of thiazole rings is 1. The lowest BCUT2D eigenvalue weighted by Crippen LogP contribution is -2.40. The summed E-state index contributed by atoms with van der Waals surface area (Å²) in [7, 11) is 0. The van der Waals surface area contributed by atoms with Crippen molar-refractivity contribution in [2.75, 3.05) is 11.9 Å². The van der Waals surface area contributed by atoms with Gasteiger partial charge < -0.3 is 14.8 Å². The number of carbonyl (C=O) groups excluding carboxylic acids is 1. The molecule has 1 N–H and O–H groups in total. The number of hydrogen-bond donors (Lipinski definition) is 1. The van der Waals surface area contributed by atoms with Crippen molar-refractivity contribution in [3.05, 3.63) is 52.1 Å². The van der Waals surface area contributed by atoms with Crippen molar-refractivity contribution in [2.24, 2.45) is 0 Å². The van der Waals surface area contributed by atoms with Crippen LogP contribution < -0.4 is 19.7 Å². The Kier molecular flexibility index (Phi) is 4.16. The fourth-order valence-electron chi connectivity index (χ4n) is 2.97. The van der Waals surface area contributed by atoms with E-state index in [1.165, 1.54) is 11.3 Å². The number of aromatic nitrogens is 1. The van der Waals surface area contributed by atoms with Gasteiger partial charge in [0.15, 0.2) is 11.5 Å². The standard InChI is InChI=1S/C19H18N2O4S/c1-11(2)21-13-8-7-12(9-17(13)26-19(21)23)20-18(22)16-10-24-14-5-3-4-6-15(14)25-16/h3-9,11,16H,10H2,1-2H3,(H,20,22)/t16-/m1/s1. The molecule has 0 radical (unpaired) electrons. The number of para-hydroxylation sites is 2. The number of hydrogen-bond acceptors (Lipinski definition) is 5. The Morgan fingerprint density at radius 1 is 1.23 bits per heavy atom. The summed E-state index contributed by atoms with van der Waals surface area (Å²) in [5.74, 6) is 0.911. The van der Waals surface area contributed by atoms with E-state index in [2.05, 4.69) is 5.32 Å². The first kappa shape index (κ1) is 16.7. The van der Waals surface area contributed by atoms with Crippen LogP contribution in [-0.2, 0) is 4.79 Å². The molecule has 0 unspecified atom stereocenters. The van der Waals surface area contributed by atoms with Gasteiger partial charge in [-0.25, -0.2) is 0 Å². The zero-order valence-corrected chi connectivity index (χ0v) is 15.2. The van der Waals surface area contributed by atoms with Crippen LogP contribution in [0.3, 0.4) is 0 Å². The second-order valence-electron chi connectivity index (χ2n) is 6.37. The molecule has 26 heavy (non-hydrogen) atoms. The lowest BCUT2D eigenvalue weighted by Gasteiger charge is -2.25. The molecule has 0 saturated carbocycles. The summed E-state index contributed by atoms with van der Waals surface area (Å²) in [5, 5.41) is 2.84. The molecular formula is C19H18N2O4S. The van der Waals surface area contributed by atoms with Gasteiger partial charge >= 0.3 is 4.87 Å². The highest BCUT2D eigenvalue weighted by Crippen LogP contribution is 2.31. The third kappa shape index (κ3) is 2.94. The number of rotatable bonds is 3. The van der Waals surface area contributed by atoms with Crippen LogP contribution in [-0.4, -0.2) is 23.2 Å². The van der Waals surface area contributed by atoms with Crippen molar-refractivity contribution in [1.29, 1.82) is 0 Å². The average Bonchev–Trinajstić information content (AvgIpc) is 2.96. The summed E-state index contributed by atoms with van der Waals surface area (Å²) >= 11 is 1.17. The molecule has 1 aliphatic rings. The van der Waals surface area contributed by atoms with Gasteiger partial charge in [0.2, 0.25) is 6.10 Å². The predicted molar refractivity (Wildman–Crippen MR) is 101 cm³/mol. The van der Waals surface area contributed by atoms with Gasteiger partial charge in [-0.2, -0.15) is 0 Å². The van der Waals surface area contributed by atoms with Crippen LogP contribution >= 0.6 is 11.3 Å². The molecule has 2 aromatic carbocycles. The molecule has 134 valence electrons. The molecule has 1 atom stereocenters. The molecule has 6 nitrogen and oxygen atoms in total. The normalized spacial score (nSPS) is 16.0. The molecule has 0 fully saturated rings. The van der Waals surface area contributed by atoms with Crippen LogP contribution in [0, 0.1) is 0 Å². The van der Waals surface area contributed by atoms with Crippen molar-refractivity contribution >= 4 is 33.1 Å². The Bertz CT molecular complexity index is 1040. The highest BCUT2D eigenvalue weighted by atomic mass is 32.1. The number of nitrogens with zero attached hydrogens (tertiary/aromatic N) is 1. The van der Waals surface area contributed by atoms with Crippen molar-refractivity contribution in [2.45, 2.75) is 26.0 Å². The molecule has 1 amide bonds. The Labute approximate surface area is 154 Å². The Morgan fingerprint density at radius 3 is 2.77 bits per heavy atom. The van der Waals surface area contributed by atoms with Crippen molar-refractivity contribution in [3.63, 3.8) is 0 Å². The van der Waals surface area contributed by atoms with E-state index in [4.69, 9.17) is 9.47 Å². The first-order valence-corrected chi connectivity index (χ1v) is 9.19. The largest absolute Gasteiger partial charge is 0.485 e. The molecule has 3 aromatic rings. The molecule has 1 aliphatic heterocycles. The molecule has 1 aromatic heterocycles. The van der Waals surface area contributed by atoms with Gasteiger partial charge in [-0.3, -0.25) is 14.2 Å². The summed E-state index contributed by atoms with van der Waals surface area (Å²) in [5.41, 5.74) is 1.50. The van der Waals surface area contributed by atoms with Gasteiger partial charge in [0.05, 0.1) is 10.2 Å². The van der Waals surface area contributed by atoms with Gasteiger partial charge in [0.1, 0.15) is 6.61 Å². The van der Waals surface area contributed by atoms with E-state index < -0.39 is 6.10 Å². The zero-order chi connectivity index (χ0) is 18.3.